The molecule has 0 heterocycles. The lowest BCUT2D eigenvalue weighted by Gasteiger charge is -2.39. The summed E-state index contributed by atoms with van der Waals surface area (Å²) in [7, 11) is -3.39. The van der Waals surface area contributed by atoms with Crippen molar-refractivity contribution < 1.29 is 8.85 Å². The molecule has 0 aromatic rings. The molecule has 0 atom stereocenters. The van der Waals surface area contributed by atoms with E-state index in [9.17, 15) is 0 Å². The van der Waals surface area contributed by atoms with Gasteiger partial charge in [-0.25, -0.2) is 0 Å². The minimum atomic E-state index is -1.69. The Morgan fingerprint density at radius 3 is 1.42 bits per heavy atom. The van der Waals surface area contributed by atoms with Gasteiger partial charge in [0, 0.05) is 23.5 Å². The first-order valence-electron chi connectivity index (χ1n) is 9.46. The van der Waals surface area contributed by atoms with E-state index in [1.165, 1.54) is 19.3 Å². The van der Waals surface area contributed by atoms with E-state index in [-0.39, 0.29) is 10.1 Å². The van der Waals surface area contributed by atoms with Gasteiger partial charge in [0.25, 0.3) is 0 Å². The zero-order valence-corrected chi connectivity index (χ0v) is 21.4. The van der Waals surface area contributed by atoms with Crippen LogP contribution in [0, 0.1) is 5.92 Å². The normalized spacial score (nSPS) is 19.0. The van der Waals surface area contributed by atoms with E-state index < -0.39 is 16.6 Å². The van der Waals surface area contributed by atoms with Gasteiger partial charge in [-0.15, -0.1) is 0 Å². The molecule has 0 bridgehead atoms. The molecule has 0 amide bonds. The molecule has 5 heteroatoms. The van der Waals surface area contributed by atoms with Crippen LogP contribution in [0.15, 0.2) is 0 Å². The molecule has 1 aliphatic carbocycles. The van der Waals surface area contributed by atoms with E-state index in [0.29, 0.717) is 10.2 Å². The third kappa shape index (κ3) is 6.53. The minimum absolute atomic E-state index is 0.267. The van der Waals surface area contributed by atoms with Crippen LogP contribution in [0.4, 0.5) is 0 Å². The Kier molecular flexibility index (Phi) is 7.10. The number of hydrogen-bond acceptors (Lipinski definition) is 2. The predicted octanol–water partition coefficient (Wildman–Crippen LogP) is 6.96. The van der Waals surface area contributed by atoms with Crippen LogP contribution in [-0.2, 0) is 8.85 Å². The van der Waals surface area contributed by atoms with E-state index in [0.717, 1.165) is 13.2 Å². The number of alkyl halides is 1. The summed E-state index contributed by atoms with van der Waals surface area (Å²) in [5, 5.41) is 0.535. The van der Waals surface area contributed by atoms with Crippen molar-refractivity contribution in [2.75, 3.05) is 13.2 Å². The van der Waals surface area contributed by atoms with Crippen LogP contribution >= 0.6 is 15.9 Å². The molecule has 2 nitrogen and oxygen atoms in total. The van der Waals surface area contributed by atoms with Crippen molar-refractivity contribution in [1.82, 2.24) is 0 Å². The molecule has 1 rings (SSSR count). The Morgan fingerprint density at radius 1 is 0.833 bits per heavy atom. The third-order valence-electron chi connectivity index (χ3n) is 6.42. The summed E-state index contributed by atoms with van der Waals surface area (Å²) < 4.78 is 13.4. The molecular weight excluding hydrogens is 396 g/mol. The summed E-state index contributed by atoms with van der Waals surface area (Å²) in [6.45, 7) is 25.0. The molecule has 0 spiro atoms. The summed E-state index contributed by atoms with van der Waals surface area (Å²) in [6.07, 6.45) is 3.77. The van der Waals surface area contributed by atoms with Crippen LogP contribution in [0.3, 0.4) is 0 Å². The van der Waals surface area contributed by atoms with Crippen LogP contribution < -0.4 is 0 Å². The Balaban J connectivity index is 2.68. The summed E-state index contributed by atoms with van der Waals surface area (Å²) in [5.74, 6) is 0.495. The molecule has 24 heavy (non-hydrogen) atoms. The van der Waals surface area contributed by atoms with Gasteiger partial charge in [0.05, 0.1) is 0 Å². The first-order valence-corrected chi connectivity index (χ1v) is 16.1. The highest BCUT2D eigenvalue weighted by molar-refractivity contribution is 9.10. The van der Waals surface area contributed by atoms with Crippen molar-refractivity contribution >= 4 is 32.6 Å². The smallest absolute Gasteiger partial charge is 0.191 e. The molecule has 0 unspecified atom stereocenters. The van der Waals surface area contributed by atoms with Gasteiger partial charge in [-0.1, -0.05) is 57.5 Å². The summed E-state index contributed by atoms with van der Waals surface area (Å²) in [6, 6.07) is 0. The van der Waals surface area contributed by atoms with Gasteiger partial charge < -0.3 is 8.85 Å². The highest BCUT2D eigenvalue weighted by atomic mass is 79.9. The van der Waals surface area contributed by atoms with Crippen molar-refractivity contribution in [2.45, 2.75) is 101 Å². The summed E-state index contributed by atoms with van der Waals surface area (Å²) in [4.78, 5) is 0. The Hall–Kier alpha value is 0.834. The molecular formula is C19H41BrO2Si2. The standard InChI is InChI=1S/C19H41BrO2Si2/c1-17(2,3)23(7,8)21-14-16(13-19(20)11-12-19)15-22-24(9,10)18(4,5)6/h16H,11-15H2,1-10H3. The minimum Gasteiger partial charge on any atom is -0.416 e. The molecule has 0 N–H and O–H groups in total. The van der Waals surface area contributed by atoms with E-state index in [2.05, 4.69) is 83.7 Å². The molecule has 0 aromatic carbocycles. The van der Waals surface area contributed by atoms with Gasteiger partial charge in [-0.2, -0.15) is 0 Å². The number of halogens is 1. The van der Waals surface area contributed by atoms with E-state index in [1.54, 1.807) is 0 Å². The van der Waals surface area contributed by atoms with E-state index >= 15 is 0 Å². The predicted molar refractivity (Wildman–Crippen MR) is 115 cm³/mol. The van der Waals surface area contributed by atoms with E-state index in [4.69, 9.17) is 8.85 Å². The molecule has 1 fully saturated rings. The topological polar surface area (TPSA) is 18.5 Å². The lowest BCUT2D eigenvalue weighted by atomic mass is 10.0. The van der Waals surface area contributed by atoms with Gasteiger partial charge >= 0.3 is 0 Å². The van der Waals surface area contributed by atoms with Crippen LogP contribution in [0.25, 0.3) is 0 Å². The molecule has 1 saturated carbocycles. The third-order valence-corrected chi connectivity index (χ3v) is 16.5. The Morgan fingerprint density at radius 2 is 1.17 bits per heavy atom. The maximum atomic E-state index is 6.53. The van der Waals surface area contributed by atoms with Gasteiger partial charge in [0.2, 0.25) is 0 Å². The quantitative estimate of drug-likeness (QED) is 0.302. The fraction of sp³-hybridized carbons (Fsp3) is 1.00. The molecule has 1 aliphatic rings. The first-order chi connectivity index (χ1) is 10.5. The molecule has 0 aromatic heterocycles. The van der Waals surface area contributed by atoms with Crippen molar-refractivity contribution in [2.24, 2.45) is 5.92 Å². The van der Waals surface area contributed by atoms with E-state index in [1.807, 2.05) is 0 Å². The zero-order valence-electron chi connectivity index (χ0n) is 17.8. The zero-order chi connectivity index (χ0) is 19.0. The lowest BCUT2D eigenvalue weighted by molar-refractivity contribution is 0.149. The fourth-order valence-corrected chi connectivity index (χ4v) is 4.94. The van der Waals surface area contributed by atoms with Gasteiger partial charge in [-0.3, -0.25) is 0 Å². The lowest BCUT2D eigenvalue weighted by Crippen LogP contribution is -2.44. The Labute approximate surface area is 161 Å². The second kappa shape index (κ2) is 7.45. The van der Waals surface area contributed by atoms with Crippen molar-refractivity contribution in [1.29, 1.82) is 0 Å². The first kappa shape index (κ1) is 22.9. The van der Waals surface area contributed by atoms with Crippen molar-refractivity contribution in [3.05, 3.63) is 0 Å². The van der Waals surface area contributed by atoms with Crippen molar-refractivity contribution in [3.63, 3.8) is 0 Å². The van der Waals surface area contributed by atoms with Gasteiger partial charge in [0.1, 0.15) is 0 Å². The molecule has 0 saturated heterocycles. The largest absolute Gasteiger partial charge is 0.416 e. The number of hydrogen-bond donors (Lipinski definition) is 0. The van der Waals surface area contributed by atoms with Crippen LogP contribution in [-0.4, -0.2) is 34.2 Å². The van der Waals surface area contributed by atoms with Crippen molar-refractivity contribution in [3.8, 4) is 0 Å². The number of rotatable bonds is 8. The molecule has 0 aliphatic heterocycles. The summed E-state index contributed by atoms with van der Waals surface area (Å²) in [5.41, 5.74) is 0. The van der Waals surface area contributed by atoms with Crippen LogP contribution in [0.2, 0.25) is 36.3 Å². The fourth-order valence-electron chi connectivity index (χ4n) is 2.11. The second-order valence-electron chi connectivity index (χ2n) is 10.9. The van der Waals surface area contributed by atoms with Gasteiger partial charge in [-0.05, 0) is 55.5 Å². The Bertz CT molecular complexity index is 388. The highest BCUT2D eigenvalue weighted by Crippen LogP contribution is 2.50. The average molecular weight is 438 g/mol. The molecule has 144 valence electrons. The maximum absolute atomic E-state index is 6.53. The van der Waals surface area contributed by atoms with Crippen LogP contribution in [0.5, 0.6) is 0 Å². The monoisotopic (exact) mass is 436 g/mol. The highest BCUT2D eigenvalue weighted by Gasteiger charge is 2.44. The maximum Gasteiger partial charge on any atom is 0.191 e. The van der Waals surface area contributed by atoms with Gasteiger partial charge in [0.15, 0.2) is 16.6 Å². The van der Waals surface area contributed by atoms with Crippen LogP contribution in [0.1, 0.15) is 60.8 Å². The average Bonchev–Trinajstić information content (AvgIpc) is 3.08. The molecule has 0 radical (unpaired) electrons. The second-order valence-corrected chi connectivity index (χ2v) is 22.2. The summed E-state index contributed by atoms with van der Waals surface area (Å²) >= 11 is 3.92. The SMILES string of the molecule is CC(C)(C)[Si](C)(C)OCC(CO[Si](C)(C)C(C)(C)C)CC1(Br)CC1.